The van der Waals surface area contributed by atoms with Crippen LogP contribution >= 0.6 is 7.52 Å². The van der Waals surface area contributed by atoms with Gasteiger partial charge in [-0.25, -0.2) is 10.1 Å². The van der Waals surface area contributed by atoms with Crippen LogP contribution in [0.1, 0.15) is 12.2 Å². The summed E-state index contributed by atoms with van der Waals surface area (Å²) in [7, 11) is -3.72. The van der Waals surface area contributed by atoms with E-state index >= 15 is 0 Å². The van der Waals surface area contributed by atoms with Crippen molar-refractivity contribution < 1.29 is 9.46 Å². The molecule has 96 valence electrons. The number of fused-ring (bicyclic) bond motifs is 1. The van der Waals surface area contributed by atoms with E-state index in [4.69, 9.17) is 5.50 Å². The van der Waals surface area contributed by atoms with Crippen LogP contribution in [0.2, 0.25) is 0 Å². The number of nitrogens with zero attached hydrogens (tertiary/aromatic N) is 5. The third-order valence-electron chi connectivity index (χ3n) is 2.75. The Hall–Kier alpha value is -1.77. The lowest BCUT2D eigenvalue weighted by Gasteiger charge is -2.27. The van der Waals surface area contributed by atoms with Crippen LogP contribution in [-0.4, -0.2) is 41.6 Å². The number of aromatic nitrogens is 6. The maximum Gasteiger partial charge on any atom is 0.287 e. The second-order valence-electron chi connectivity index (χ2n) is 3.98. The minimum Gasteiger partial charge on any atom is -0.356 e. The van der Waals surface area contributed by atoms with Gasteiger partial charge in [0.2, 0.25) is 5.95 Å². The van der Waals surface area contributed by atoms with Crippen LogP contribution in [0.25, 0.3) is 11.5 Å². The Morgan fingerprint density at radius 2 is 2.44 bits per heavy atom. The van der Waals surface area contributed by atoms with Crippen molar-refractivity contribution in [3.05, 3.63) is 6.20 Å². The summed E-state index contributed by atoms with van der Waals surface area (Å²) >= 11 is 0. The van der Waals surface area contributed by atoms with Gasteiger partial charge in [0.25, 0.3) is 7.52 Å². The smallest absolute Gasteiger partial charge is 0.287 e. The molecular weight excluding hydrogens is 259 g/mol. The first-order valence-corrected chi connectivity index (χ1v) is 7.03. The molecule has 0 spiro atoms. The summed E-state index contributed by atoms with van der Waals surface area (Å²) < 4.78 is 13.2. The van der Waals surface area contributed by atoms with Gasteiger partial charge in [-0.2, -0.15) is 0 Å². The zero-order valence-corrected chi connectivity index (χ0v) is 10.1. The SMILES string of the molecule is NP(=O)(O)C1CCNc2nc(-c3nnn[nH]3)cn21. The van der Waals surface area contributed by atoms with E-state index < -0.39 is 13.3 Å². The predicted molar refractivity (Wildman–Crippen MR) is 61.6 cm³/mol. The minimum absolute atomic E-state index is 0.391. The molecule has 2 atom stereocenters. The van der Waals surface area contributed by atoms with Crippen LogP contribution in [0.3, 0.4) is 0 Å². The van der Waals surface area contributed by atoms with Crippen molar-refractivity contribution in [3.63, 3.8) is 0 Å². The van der Waals surface area contributed by atoms with Gasteiger partial charge in [-0.3, -0.25) is 10.1 Å². The fourth-order valence-electron chi connectivity index (χ4n) is 1.95. The molecule has 0 saturated heterocycles. The van der Waals surface area contributed by atoms with E-state index in [1.54, 1.807) is 10.8 Å². The topological polar surface area (TPSA) is 148 Å². The van der Waals surface area contributed by atoms with Gasteiger partial charge in [-0.05, 0) is 16.8 Å². The van der Waals surface area contributed by atoms with E-state index in [1.807, 2.05) is 0 Å². The summed E-state index contributed by atoms with van der Waals surface area (Å²) in [6, 6.07) is 0. The van der Waals surface area contributed by atoms with E-state index in [-0.39, 0.29) is 0 Å². The quantitative estimate of drug-likeness (QED) is 0.535. The van der Waals surface area contributed by atoms with Gasteiger partial charge in [0.15, 0.2) is 5.82 Å². The van der Waals surface area contributed by atoms with E-state index in [0.717, 1.165) is 0 Å². The number of anilines is 1. The number of H-pyrrole nitrogens is 1. The highest BCUT2D eigenvalue weighted by molar-refractivity contribution is 7.55. The molecular formula is C7H11N8O2P. The highest BCUT2D eigenvalue weighted by atomic mass is 31.2. The molecule has 3 heterocycles. The molecule has 18 heavy (non-hydrogen) atoms. The number of tetrazole rings is 1. The van der Waals surface area contributed by atoms with Gasteiger partial charge in [0, 0.05) is 12.7 Å². The van der Waals surface area contributed by atoms with Gasteiger partial charge >= 0.3 is 0 Å². The van der Waals surface area contributed by atoms with Gasteiger partial charge < -0.3 is 14.8 Å². The van der Waals surface area contributed by atoms with Gasteiger partial charge in [0.1, 0.15) is 11.5 Å². The standard InChI is InChI=1S/C7H11N8O2P/c8-18(16,17)5-1-2-9-7-10-4(3-15(5)7)6-11-13-14-12-6/h3,5H,1-2H2,(H,9,10)(H3,8,16,17)(H,11,12,13,14). The normalized spacial score (nSPS) is 22.0. The third-order valence-corrected chi connectivity index (χ3v) is 4.12. The number of hydrogen-bond donors (Lipinski definition) is 4. The maximum absolute atomic E-state index is 11.6. The van der Waals surface area contributed by atoms with Crippen molar-refractivity contribution in [1.82, 2.24) is 30.2 Å². The van der Waals surface area contributed by atoms with E-state index in [9.17, 15) is 9.46 Å². The molecule has 0 bridgehead atoms. The Morgan fingerprint density at radius 1 is 1.61 bits per heavy atom. The number of rotatable bonds is 2. The van der Waals surface area contributed by atoms with Crippen molar-refractivity contribution in [2.45, 2.75) is 12.2 Å². The first-order valence-electron chi connectivity index (χ1n) is 5.23. The number of nitrogens with one attached hydrogen (secondary N) is 2. The van der Waals surface area contributed by atoms with Crippen LogP contribution in [0, 0.1) is 0 Å². The highest BCUT2D eigenvalue weighted by Crippen LogP contribution is 2.50. The van der Waals surface area contributed by atoms with Gasteiger partial charge in [-0.1, -0.05) is 0 Å². The maximum atomic E-state index is 11.6. The summed E-state index contributed by atoms with van der Waals surface area (Å²) in [5.41, 5.74) is 5.83. The predicted octanol–water partition coefficient (Wildman–Crippen LogP) is -0.479. The molecule has 0 saturated carbocycles. The fourth-order valence-corrected chi connectivity index (χ4v) is 2.98. The lowest BCUT2D eigenvalue weighted by molar-refractivity contribution is 0.430. The Kier molecular flexibility index (Phi) is 2.44. The molecule has 2 aromatic rings. The molecule has 2 unspecified atom stereocenters. The van der Waals surface area contributed by atoms with Crippen molar-refractivity contribution in [2.75, 3.05) is 11.9 Å². The minimum atomic E-state index is -3.72. The molecule has 0 radical (unpaired) electrons. The van der Waals surface area contributed by atoms with Crippen LogP contribution in [0.4, 0.5) is 5.95 Å². The van der Waals surface area contributed by atoms with Crippen LogP contribution in [0.15, 0.2) is 6.20 Å². The molecule has 3 rings (SSSR count). The molecule has 1 aliphatic heterocycles. The van der Waals surface area contributed by atoms with Crippen molar-refractivity contribution in [3.8, 4) is 11.5 Å². The number of imidazole rings is 1. The van der Waals surface area contributed by atoms with Crippen LogP contribution in [0.5, 0.6) is 0 Å². The molecule has 10 nitrogen and oxygen atoms in total. The summed E-state index contributed by atoms with van der Waals surface area (Å²) in [6.45, 7) is 0.539. The summed E-state index contributed by atoms with van der Waals surface area (Å²) in [5.74, 6) is 0.200. The number of aromatic amines is 1. The van der Waals surface area contributed by atoms with E-state index in [1.165, 1.54) is 0 Å². The van der Waals surface area contributed by atoms with Crippen LogP contribution < -0.4 is 10.8 Å². The first-order chi connectivity index (χ1) is 8.55. The Labute approximate surface area is 101 Å². The summed E-state index contributed by atoms with van der Waals surface area (Å²) in [5, 5.41) is 16.2. The Balaban J connectivity index is 2.06. The average Bonchev–Trinajstić information content (AvgIpc) is 2.95. The third kappa shape index (κ3) is 1.80. The molecule has 0 aromatic carbocycles. The zero-order chi connectivity index (χ0) is 12.8. The first kappa shape index (κ1) is 11.3. The Morgan fingerprint density at radius 3 is 3.11 bits per heavy atom. The zero-order valence-electron chi connectivity index (χ0n) is 9.19. The summed E-state index contributed by atoms with van der Waals surface area (Å²) in [6.07, 6.45) is 2.06. The number of nitrogens with two attached hydrogens (primary N) is 1. The molecule has 5 N–H and O–H groups in total. The largest absolute Gasteiger partial charge is 0.356 e. The molecule has 0 amide bonds. The average molecular weight is 270 g/mol. The van der Waals surface area contributed by atoms with Gasteiger partial charge in [-0.15, -0.1) is 5.10 Å². The van der Waals surface area contributed by atoms with Gasteiger partial charge in [0.05, 0.1) is 0 Å². The van der Waals surface area contributed by atoms with E-state index in [2.05, 4.69) is 30.9 Å². The molecule has 1 aliphatic rings. The summed E-state index contributed by atoms with van der Waals surface area (Å²) in [4.78, 5) is 13.8. The second-order valence-corrected chi connectivity index (χ2v) is 5.92. The molecule has 0 fully saturated rings. The Bertz CT molecular complexity index is 601. The van der Waals surface area contributed by atoms with Crippen molar-refractivity contribution in [1.29, 1.82) is 0 Å². The fraction of sp³-hybridized carbons (Fsp3) is 0.429. The van der Waals surface area contributed by atoms with Crippen molar-refractivity contribution >= 4 is 13.5 Å². The molecule has 0 aliphatic carbocycles. The molecule has 11 heteroatoms. The van der Waals surface area contributed by atoms with Crippen molar-refractivity contribution in [2.24, 2.45) is 5.50 Å². The monoisotopic (exact) mass is 270 g/mol. The highest BCUT2D eigenvalue weighted by Gasteiger charge is 2.33. The molecule has 2 aromatic heterocycles. The van der Waals surface area contributed by atoms with E-state index in [0.29, 0.717) is 30.4 Å². The lowest BCUT2D eigenvalue weighted by atomic mass is 10.3. The number of hydrogen-bond acceptors (Lipinski definition) is 6. The van der Waals surface area contributed by atoms with Crippen LogP contribution in [-0.2, 0) is 4.57 Å². The lowest BCUT2D eigenvalue weighted by Crippen LogP contribution is -2.24. The second kappa shape index (κ2) is 3.87.